The molecule has 0 aromatic carbocycles. The molecule has 11 heavy (non-hydrogen) atoms. The maximum atomic E-state index is 4.34. The second-order valence-electron chi connectivity index (χ2n) is 4.32. The third kappa shape index (κ3) is 2.83. The van der Waals surface area contributed by atoms with Gasteiger partial charge in [-0.3, -0.25) is 4.99 Å². The molecule has 0 saturated carbocycles. The molecule has 1 aliphatic heterocycles. The maximum absolute atomic E-state index is 4.34. The van der Waals surface area contributed by atoms with Gasteiger partial charge in [0.1, 0.15) is 5.84 Å². The standard InChI is InChI=1S/C9H16N2/c1-7-6-10-8(11-7)5-9(2,3)4/h5-6H2,1-4H3. The summed E-state index contributed by atoms with van der Waals surface area (Å²) in [6.07, 6.45) is 0.990. The normalized spacial score (nSPS) is 18.2. The van der Waals surface area contributed by atoms with Crippen LogP contribution in [-0.4, -0.2) is 18.1 Å². The van der Waals surface area contributed by atoms with Crippen LogP contribution in [0.3, 0.4) is 0 Å². The summed E-state index contributed by atoms with van der Waals surface area (Å²) >= 11 is 0. The Kier molecular flexibility index (Phi) is 2.12. The highest BCUT2D eigenvalue weighted by Crippen LogP contribution is 2.20. The van der Waals surface area contributed by atoms with E-state index in [4.69, 9.17) is 0 Å². The number of aliphatic imine (C=N–C) groups is 2. The second kappa shape index (κ2) is 2.76. The van der Waals surface area contributed by atoms with Crippen molar-refractivity contribution in [2.24, 2.45) is 15.4 Å². The molecule has 0 spiro atoms. The lowest BCUT2D eigenvalue weighted by atomic mass is 9.92. The van der Waals surface area contributed by atoms with E-state index in [1.807, 2.05) is 6.92 Å². The number of nitrogens with zero attached hydrogens (tertiary/aromatic N) is 2. The quantitative estimate of drug-likeness (QED) is 0.551. The fourth-order valence-electron chi connectivity index (χ4n) is 1.07. The van der Waals surface area contributed by atoms with Crippen LogP contribution in [-0.2, 0) is 0 Å². The minimum Gasteiger partial charge on any atom is -0.264 e. The molecule has 0 aromatic heterocycles. The van der Waals surface area contributed by atoms with Gasteiger partial charge in [0.25, 0.3) is 0 Å². The third-order valence-corrected chi connectivity index (χ3v) is 1.50. The molecule has 1 heterocycles. The Morgan fingerprint density at radius 3 is 2.36 bits per heavy atom. The number of hydrogen-bond donors (Lipinski definition) is 0. The van der Waals surface area contributed by atoms with Gasteiger partial charge in [-0.1, -0.05) is 20.8 Å². The first-order valence-electron chi connectivity index (χ1n) is 4.05. The summed E-state index contributed by atoms with van der Waals surface area (Å²) in [6, 6.07) is 0. The minimum atomic E-state index is 0.312. The number of rotatable bonds is 1. The molecule has 0 N–H and O–H groups in total. The SMILES string of the molecule is CC1=NC(CC(C)(C)C)=NC1. The Morgan fingerprint density at radius 1 is 1.36 bits per heavy atom. The lowest BCUT2D eigenvalue weighted by molar-refractivity contribution is 0.433. The molecule has 0 aliphatic carbocycles. The monoisotopic (exact) mass is 152 g/mol. The van der Waals surface area contributed by atoms with Crippen LogP contribution in [0.5, 0.6) is 0 Å². The molecule has 0 atom stereocenters. The molecule has 0 radical (unpaired) electrons. The van der Waals surface area contributed by atoms with Crippen LogP contribution in [0.1, 0.15) is 34.1 Å². The van der Waals surface area contributed by atoms with Crippen molar-refractivity contribution in [3.8, 4) is 0 Å². The molecule has 0 aromatic rings. The Balaban J connectivity index is 2.53. The first kappa shape index (κ1) is 8.44. The summed E-state index contributed by atoms with van der Waals surface area (Å²) < 4.78 is 0. The van der Waals surface area contributed by atoms with E-state index in [9.17, 15) is 0 Å². The molecular weight excluding hydrogens is 136 g/mol. The molecule has 0 bridgehead atoms. The van der Waals surface area contributed by atoms with E-state index in [2.05, 4.69) is 30.8 Å². The molecule has 1 aliphatic rings. The van der Waals surface area contributed by atoms with Crippen molar-refractivity contribution in [1.29, 1.82) is 0 Å². The largest absolute Gasteiger partial charge is 0.264 e. The Labute approximate surface area is 68.4 Å². The van der Waals surface area contributed by atoms with Crippen LogP contribution in [0.4, 0.5) is 0 Å². The Bertz CT molecular complexity index is 206. The van der Waals surface area contributed by atoms with Gasteiger partial charge in [0.05, 0.1) is 6.54 Å². The fourth-order valence-corrected chi connectivity index (χ4v) is 1.07. The van der Waals surface area contributed by atoms with Crippen LogP contribution in [0, 0.1) is 5.41 Å². The van der Waals surface area contributed by atoms with Crippen LogP contribution in [0.15, 0.2) is 9.98 Å². The van der Waals surface area contributed by atoms with E-state index in [1.54, 1.807) is 0 Å². The van der Waals surface area contributed by atoms with E-state index in [0.717, 1.165) is 24.5 Å². The van der Waals surface area contributed by atoms with Gasteiger partial charge in [-0.15, -0.1) is 0 Å². The average Bonchev–Trinajstić information content (AvgIpc) is 2.10. The summed E-state index contributed by atoms with van der Waals surface area (Å²) in [5.74, 6) is 1.02. The van der Waals surface area contributed by atoms with Crippen molar-refractivity contribution in [1.82, 2.24) is 0 Å². The zero-order valence-electron chi connectivity index (χ0n) is 7.81. The Hall–Kier alpha value is -0.660. The van der Waals surface area contributed by atoms with Gasteiger partial charge >= 0.3 is 0 Å². The van der Waals surface area contributed by atoms with Gasteiger partial charge in [-0.25, -0.2) is 4.99 Å². The second-order valence-corrected chi connectivity index (χ2v) is 4.32. The van der Waals surface area contributed by atoms with Gasteiger partial charge in [0.2, 0.25) is 0 Å². The molecule has 0 saturated heterocycles. The molecule has 0 amide bonds. The Morgan fingerprint density at radius 2 is 2.00 bits per heavy atom. The predicted octanol–water partition coefficient (Wildman–Crippen LogP) is 2.30. The summed E-state index contributed by atoms with van der Waals surface area (Å²) in [5, 5.41) is 0. The summed E-state index contributed by atoms with van der Waals surface area (Å²) in [4.78, 5) is 8.66. The summed E-state index contributed by atoms with van der Waals surface area (Å²) in [6.45, 7) is 9.46. The average molecular weight is 152 g/mol. The summed E-state index contributed by atoms with van der Waals surface area (Å²) in [7, 11) is 0. The van der Waals surface area contributed by atoms with E-state index < -0.39 is 0 Å². The number of hydrogen-bond acceptors (Lipinski definition) is 2. The predicted molar refractivity (Wildman–Crippen MR) is 49.5 cm³/mol. The van der Waals surface area contributed by atoms with Crippen LogP contribution < -0.4 is 0 Å². The van der Waals surface area contributed by atoms with Crippen LogP contribution >= 0.6 is 0 Å². The highest BCUT2D eigenvalue weighted by molar-refractivity contribution is 6.03. The highest BCUT2D eigenvalue weighted by Gasteiger charge is 2.16. The zero-order valence-corrected chi connectivity index (χ0v) is 7.81. The molecular formula is C9H16N2. The van der Waals surface area contributed by atoms with E-state index in [-0.39, 0.29) is 0 Å². The molecule has 0 unspecified atom stereocenters. The van der Waals surface area contributed by atoms with Crippen molar-refractivity contribution < 1.29 is 0 Å². The summed E-state index contributed by atoms with van der Waals surface area (Å²) in [5.41, 5.74) is 1.46. The maximum Gasteiger partial charge on any atom is 0.124 e. The topological polar surface area (TPSA) is 24.7 Å². The fraction of sp³-hybridized carbons (Fsp3) is 0.778. The van der Waals surface area contributed by atoms with Crippen molar-refractivity contribution in [3.05, 3.63) is 0 Å². The van der Waals surface area contributed by atoms with Crippen LogP contribution in [0.2, 0.25) is 0 Å². The van der Waals surface area contributed by atoms with Crippen molar-refractivity contribution in [2.45, 2.75) is 34.1 Å². The minimum absolute atomic E-state index is 0.312. The van der Waals surface area contributed by atoms with Crippen molar-refractivity contribution in [2.75, 3.05) is 6.54 Å². The van der Waals surface area contributed by atoms with Gasteiger partial charge in [-0.05, 0) is 12.3 Å². The number of amidine groups is 1. The van der Waals surface area contributed by atoms with E-state index in [0.29, 0.717) is 5.41 Å². The lowest BCUT2D eigenvalue weighted by Crippen LogP contribution is -2.10. The molecule has 0 fully saturated rings. The first-order valence-corrected chi connectivity index (χ1v) is 4.05. The van der Waals surface area contributed by atoms with E-state index >= 15 is 0 Å². The highest BCUT2D eigenvalue weighted by atomic mass is 15.0. The molecule has 62 valence electrons. The first-order chi connectivity index (χ1) is 4.97. The van der Waals surface area contributed by atoms with Gasteiger partial charge in [0, 0.05) is 12.1 Å². The van der Waals surface area contributed by atoms with Gasteiger partial charge in [-0.2, -0.15) is 0 Å². The van der Waals surface area contributed by atoms with Crippen molar-refractivity contribution in [3.63, 3.8) is 0 Å². The van der Waals surface area contributed by atoms with Gasteiger partial charge < -0.3 is 0 Å². The van der Waals surface area contributed by atoms with Crippen LogP contribution in [0.25, 0.3) is 0 Å². The third-order valence-electron chi connectivity index (χ3n) is 1.50. The molecule has 2 nitrogen and oxygen atoms in total. The smallest absolute Gasteiger partial charge is 0.124 e. The van der Waals surface area contributed by atoms with Crippen molar-refractivity contribution >= 4 is 11.5 Å². The lowest BCUT2D eigenvalue weighted by Gasteiger charge is -2.15. The van der Waals surface area contributed by atoms with Gasteiger partial charge in [0.15, 0.2) is 0 Å². The zero-order chi connectivity index (χ0) is 8.48. The van der Waals surface area contributed by atoms with E-state index in [1.165, 1.54) is 0 Å². The molecule has 2 heteroatoms. The molecule has 1 rings (SSSR count).